The molecule has 0 bridgehead atoms. The summed E-state index contributed by atoms with van der Waals surface area (Å²) in [5, 5.41) is 0. The van der Waals surface area contributed by atoms with Crippen molar-refractivity contribution in [2.75, 3.05) is 19.3 Å². The molecule has 0 aromatic heterocycles. The average molecular weight is 300 g/mol. The topological polar surface area (TPSA) is 63.4 Å². The van der Waals surface area contributed by atoms with Crippen LogP contribution in [0, 0.1) is 5.82 Å². The standard InChI is InChI=1S/C10H12F4N2O2S/c1-16(5-4-10(12,13)14)19(17,18)9-6-7(11)2-3-8(9)15/h2-3,6H,4-5,15H2,1H3. The van der Waals surface area contributed by atoms with Gasteiger partial charge in [0.2, 0.25) is 10.0 Å². The molecule has 0 saturated carbocycles. The molecule has 108 valence electrons. The van der Waals surface area contributed by atoms with Crippen LogP contribution in [0.2, 0.25) is 0 Å². The van der Waals surface area contributed by atoms with Gasteiger partial charge >= 0.3 is 6.18 Å². The number of halogens is 4. The van der Waals surface area contributed by atoms with E-state index in [4.69, 9.17) is 5.73 Å². The molecule has 2 N–H and O–H groups in total. The molecule has 0 heterocycles. The van der Waals surface area contributed by atoms with Crippen molar-refractivity contribution >= 4 is 15.7 Å². The monoisotopic (exact) mass is 300 g/mol. The maximum Gasteiger partial charge on any atom is 0.390 e. The Morgan fingerprint density at radius 2 is 1.89 bits per heavy atom. The summed E-state index contributed by atoms with van der Waals surface area (Å²) >= 11 is 0. The van der Waals surface area contributed by atoms with E-state index in [1.54, 1.807) is 0 Å². The summed E-state index contributed by atoms with van der Waals surface area (Å²) in [6.07, 6.45) is -5.77. The summed E-state index contributed by atoms with van der Waals surface area (Å²) in [6, 6.07) is 2.68. The first-order valence-corrected chi connectivity index (χ1v) is 6.56. The zero-order chi connectivity index (χ0) is 14.8. The SMILES string of the molecule is CN(CCC(F)(F)F)S(=O)(=O)c1cc(F)ccc1N. The van der Waals surface area contributed by atoms with Gasteiger partial charge in [-0.1, -0.05) is 0 Å². The second kappa shape index (κ2) is 5.33. The van der Waals surface area contributed by atoms with Gasteiger partial charge in [-0.25, -0.2) is 17.1 Å². The number of sulfonamides is 1. The molecular weight excluding hydrogens is 288 g/mol. The minimum atomic E-state index is -4.47. The molecule has 0 saturated heterocycles. The lowest BCUT2D eigenvalue weighted by Gasteiger charge is -2.19. The Bertz CT molecular complexity index is 557. The van der Waals surface area contributed by atoms with Crippen LogP contribution in [-0.4, -0.2) is 32.5 Å². The molecular formula is C10H12F4N2O2S. The highest BCUT2D eigenvalue weighted by Crippen LogP contribution is 2.25. The zero-order valence-electron chi connectivity index (χ0n) is 9.91. The maximum atomic E-state index is 13.0. The van der Waals surface area contributed by atoms with Gasteiger partial charge in [-0.05, 0) is 18.2 Å². The van der Waals surface area contributed by atoms with Gasteiger partial charge in [0.05, 0.1) is 12.1 Å². The van der Waals surface area contributed by atoms with E-state index in [0.29, 0.717) is 10.4 Å². The third-order valence-corrected chi connectivity index (χ3v) is 4.29. The number of alkyl halides is 3. The minimum absolute atomic E-state index is 0.222. The highest BCUT2D eigenvalue weighted by atomic mass is 32.2. The molecule has 0 radical (unpaired) electrons. The Morgan fingerprint density at radius 1 is 1.32 bits per heavy atom. The number of benzene rings is 1. The molecule has 4 nitrogen and oxygen atoms in total. The molecule has 9 heteroatoms. The number of nitrogen functional groups attached to an aromatic ring is 1. The van der Waals surface area contributed by atoms with Crippen molar-refractivity contribution in [1.29, 1.82) is 0 Å². The van der Waals surface area contributed by atoms with Crippen molar-refractivity contribution in [2.45, 2.75) is 17.5 Å². The molecule has 1 aromatic carbocycles. The van der Waals surface area contributed by atoms with Gasteiger partial charge in [-0.15, -0.1) is 0 Å². The van der Waals surface area contributed by atoms with Crippen LogP contribution < -0.4 is 5.73 Å². The zero-order valence-corrected chi connectivity index (χ0v) is 10.7. The van der Waals surface area contributed by atoms with Crippen LogP contribution >= 0.6 is 0 Å². The lowest BCUT2D eigenvalue weighted by atomic mass is 10.3. The van der Waals surface area contributed by atoms with E-state index in [-0.39, 0.29) is 5.69 Å². The van der Waals surface area contributed by atoms with Crippen molar-refractivity contribution in [3.8, 4) is 0 Å². The first-order valence-electron chi connectivity index (χ1n) is 5.12. The van der Waals surface area contributed by atoms with E-state index < -0.39 is 39.9 Å². The third-order valence-electron chi connectivity index (χ3n) is 2.37. The lowest BCUT2D eigenvalue weighted by molar-refractivity contribution is -0.135. The highest BCUT2D eigenvalue weighted by molar-refractivity contribution is 7.89. The van der Waals surface area contributed by atoms with E-state index in [2.05, 4.69) is 0 Å². The van der Waals surface area contributed by atoms with Gasteiger partial charge in [0.1, 0.15) is 10.7 Å². The Hall–Kier alpha value is -1.35. The van der Waals surface area contributed by atoms with Crippen LogP contribution in [0.1, 0.15) is 6.42 Å². The number of nitrogens with zero attached hydrogens (tertiary/aromatic N) is 1. The fourth-order valence-corrected chi connectivity index (χ4v) is 2.60. The third kappa shape index (κ3) is 4.06. The van der Waals surface area contributed by atoms with Crippen LogP contribution in [0.25, 0.3) is 0 Å². The van der Waals surface area contributed by atoms with Crippen molar-refractivity contribution in [3.63, 3.8) is 0 Å². The van der Waals surface area contributed by atoms with Crippen LogP contribution in [0.5, 0.6) is 0 Å². The summed E-state index contributed by atoms with van der Waals surface area (Å²) in [5.41, 5.74) is 5.18. The number of hydrogen-bond acceptors (Lipinski definition) is 3. The second-order valence-corrected chi connectivity index (χ2v) is 5.89. The fourth-order valence-electron chi connectivity index (χ4n) is 1.30. The van der Waals surface area contributed by atoms with Gasteiger partial charge in [-0.2, -0.15) is 13.2 Å². The van der Waals surface area contributed by atoms with Crippen LogP contribution in [-0.2, 0) is 10.0 Å². The molecule has 1 rings (SSSR count). The summed E-state index contributed by atoms with van der Waals surface area (Å²) in [6.45, 7) is -0.762. The molecule has 0 unspecified atom stereocenters. The molecule has 1 aromatic rings. The van der Waals surface area contributed by atoms with Gasteiger partial charge in [0, 0.05) is 13.6 Å². The van der Waals surface area contributed by atoms with Gasteiger partial charge in [-0.3, -0.25) is 0 Å². The molecule has 0 aliphatic carbocycles. The van der Waals surface area contributed by atoms with Crippen molar-refractivity contribution < 1.29 is 26.0 Å². The predicted molar refractivity (Wildman–Crippen MR) is 61.3 cm³/mol. The fraction of sp³-hybridized carbons (Fsp3) is 0.400. The molecule has 0 aliphatic heterocycles. The molecule has 0 atom stereocenters. The lowest BCUT2D eigenvalue weighted by Crippen LogP contribution is -2.31. The summed E-state index contributed by atoms with van der Waals surface area (Å²) in [5.74, 6) is -0.836. The smallest absolute Gasteiger partial charge is 0.390 e. The van der Waals surface area contributed by atoms with Gasteiger partial charge < -0.3 is 5.73 Å². The first-order chi connectivity index (χ1) is 8.54. The van der Waals surface area contributed by atoms with Gasteiger partial charge in [0.25, 0.3) is 0 Å². The Kier molecular flexibility index (Phi) is 4.41. The van der Waals surface area contributed by atoms with E-state index in [1.165, 1.54) is 0 Å². The molecule has 19 heavy (non-hydrogen) atoms. The number of anilines is 1. The van der Waals surface area contributed by atoms with Gasteiger partial charge in [0.15, 0.2) is 0 Å². The maximum absolute atomic E-state index is 13.0. The van der Waals surface area contributed by atoms with Crippen molar-refractivity contribution in [1.82, 2.24) is 4.31 Å². The van der Waals surface area contributed by atoms with E-state index in [1.807, 2.05) is 0 Å². The quantitative estimate of drug-likeness (QED) is 0.683. The summed E-state index contributed by atoms with van der Waals surface area (Å²) < 4.78 is 73.5. The normalized spacial score (nSPS) is 12.9. The molecule has 0 spiro atoms. The highest BCUT2D eigenvalue weighted by Gasteiger charge is 2.31. The Labute approximate surface area is 107 Å². The second-order valence-electron chi connectivity index (χ2n) is 3.87. The molecule has 0 amide bonds. The van der Waals surface area contributed by atoms with Crippen LogP contribution in [0.15, 0.2) is 23.1 Å². The number of rotatable bonds is 4. The Balaban J connectivity index is 3.00. The van der Waals surface area contributed by atoms with E-state index >= 15 is 0 Å². The molecule has 0 aliphatic rings. The minimum Gasteiger partial charge on any atom is -0.398 e. The average Bonchev–Trinajstić information content (AvgIpc) is 2.28. The van der Waals surface area contributed by atoms with E-state index in [9.17, 15) is 26.0 Å². The van der Waals surface area contributed by atoms with Crippen LogP contribution in [0.3, 0.4) is 0 Å². The number of hydrogen-bond donors (Lipinski definition) is 1. The summed E-state index contributed by atoms with van der Waals surface area (Å²) in [7, 11) is -3.27. The Morgan fingerprint density at radius 3 is 2.42 bits per heavy atom. The predicted octanol–water partition coefficient (Wildman–Crippen LogP) is 1.98. The van der Waals surface area contributed by atoms with Crippen molar-refractivity contribution in [3.05, 3.63) is 24.0 Å². The molecule has 0 fully saturated rings. The summed E-state index contributed by atoms with van der Waals surface area (Å²) in [4.78, 5) is -0.544. The van der Waals surface area contributed by atoms with Crippen LogP contribution in [0.4, 0.5) is 23.2 Å². The number of nitrogens with two attached hydrogens (primary N) is 1. The largest absolute Gasteiger partial charge is 0.398 e. The first kappa shape index (κ1) is 15.7. The van der Waals surface area contributed by atoms with E-state index in [0.717, 1.165) is 19.2 Å². The van der Waals surface area contributed by atoms with Crippen molar-refractivity contribution in [2.24, 2.45) is 0 Å².